The fraction of sp³-hybridized carbons (Fsp3) is 0.273. The van der Waals surface area contributed by atoms with Crippen LogP contribution in [0.2, 0.25) is 0 Å². The summed E-state index contributed by atoms with van der Waals surface area (Å²) in [6, 6.07) is 7.13. The molecule has 0 aliphatic heterocycles. The normalized spacial score (nSPS) is 10.5. The van der Waals surface area contributed by atoms with Crippen LogP contribution >= 0.6 is 0 Å². The second kappa shape index (κ2) is 4.13. The Morgan fingerprint density at radius 1 is 1.40 bits per heavy atom. The number of nitrogens with zero attached hydrogens (tertiary/aromatic N) is 2. The van der Waals surface area contributed by atoms with E-state index >= 15 is 0 Å². The standard InChI is InChI=1S/C11H13N3O/c1-2-7-13-14-10(15)6-5-9-4-3-8-12-11(9)14/h3-6,8,13H,2,7H2,1H3. The van der Waals surface area contributed by atoms with Crippen molar-refractivity contribution in [3.05, 3.63) is 40.8 Å². The van der Waals surface area contributed by atoms with Crippen LogP contribution in [0.15, 0.2) is 35.3 Å². The Kier molecular flexibility index (Phi) is 2.67. The summed E-state index contributed by atoms with van der Waals surface area (Å²) >= 11 is 0. The Balaban J connectivity index is 2.58. The molecule has 15 heavy (non-hydrogen) atoms. The molecule has 0 saturated heterocycles. The monoisotopic (exact) mass is 203 g/mol. The zero-order chi connectivity index (χ0) is 10.7. The van der Waals surface area contributed by atoms with Crippen molar-refractivity contribution >= 4 is 11.0 Å². The van der Waals surface area contributed by atoms with Gasteiger partial charge in [0.15, 0.2) is 5.65 Å². The van der Waals surface area contributed by atoms with Crippen LogP contribution < -0.4 is 11.0 Å². The second-order valence-electron chi connectivity index (χ2n) is 3.33. The van der Waals surface area contributed by atoms with Gasteiger partial charge in [0.1, 0.15) is 0 Å². The van der Waals surface area contributed by atoms with Gasteiger partial charge in [0.25, 0.3) is 5.56 Å². The third-order valence-electron chi connectivity index (χ3n) is 2.17. The summed E-state index contributed by atoms with van der Waals surface area (Å²) in [6.45, 7) is 2.81. The smallest absolute Gasteiger partial charge is 0.270 e. The van der Waals surface area contributed by atoms with E-state index in [-0.39, 0.29) is 5.56 Å². The summed E-state index contributed by atoms with van der Waals surface area (Å²) in [5.41, 5.74) is 3.65. The molecule has 0 bridgehead atoms. The van der Waals surface area contributed by atoms with Crippen LogP contribution in [0.25, 0.3) is 11.0 Å². The number of rotatable bonds is 3. The molecule has 0 saturated carbocycles. The number of aromatic nitrogens is 2. The molecule has 2 heterocycles. The van der Waals surface area contributed by atoms with Crippen LogP contribution in [0.1, 0.15) is 13.3 Å². The Morgan fingerprint density at radius 2 is 2.27 bits per heavy atom. The first kappa shape index (κ1) is 9.71. The Labute approximate surface area is 87.5 Å². The molecule has 0 spiro atoms. The molecule has 4 heteroatoms. The van der Waals surface area contributed by atoms with Gasteiger partial charge >= 0.3 is 0 Å². The summed E-state index contributed by atoms with van der Waals surface area (Å²) < 4.78 is 1.50. The number of fused-ring (bicyclic) bond motifs is 1. The maximum atomic E-state index is 11.6. The third-order valence-corrected chi connectivity index (χ3v) is 2.17. The van der Waals surface area contributed by atoms with Crippen molar-refractivity contribution < 1.29 is 0 Å². The lowest BCUT2D eigenvalue weighted by atomic mass is 10.3. The van der Waals surface area contributed by atoms with Crippen molar-refractivity contribution in [2.75, 3.05) is 12.0 Å². The van der Waals surface area contributed by atoms with E-state index in [1.165, 1.54) is 4.68 Å². The van der Waals surface area contributed by atoms with Crippen molar-refractivity contribution in [2.45, 2.75) is 13.3 Å². The summed E-state index contributed by atoms with van der Waals surface area (Å²) in [7, 11) is 0. The van der Waals surface area contributed by atoms with Crippen LogP contribution in [0, 0.1) is 0 Å². The van der Waals surface area contributed by atoms with E-state index in [0.29, 0.717) is 5.65 Å². The number of hydrogen-bond acceptors (Lipinski definition) is 3. The first-order valence-electron chi connectivity index (χ1n) is 5.03. The zero-order valence-corrected chi connectivity index (χ0v) is 8.60. The van der Waals surface area contributed by atoms with E-state index in [2.05, 4.69) is 17.3 Å². The van der Waals surface area contributed by atoms with E-state index in [0.717, 1.165) is 18.4 Å². The summed E-state index contributed by atoms with van der Waals surface area (Å²) in [4.78, 5) is 15.8. The molecule has 2 rings (SSSR count). The number of nitrogens with one attached hydrogen (secondary N) is 1. The number of hydrogen-bond donors (Lipinski definition) is 1. The average molecular weight is 203 g/mol. The van der Waals surface area contributed by atoms with Crippen LogP contribution in [-0.4, -0.2) is 16.2 Å². The SMILES string of the molecule is CCCNn1c(=O)ccc2cccnc21. The molecule has 1 N–H and O–H groups in total. The minimum Gasteiger partial charge on any atom is -0.321 e. The minimum atomic E-state index is -0.0744. The molecule has 0 fully saturated rings. The summed E-state index contributed by atoms with van der Waals surface area (Å²) in [5, 5.41) is 0.959. The van der Waals surface area contributed by atoms with Crippen LogP contribution in [0.5, 0.6) is 0 Å². The molecular weight excluding hydrogens is 190 g/mol. The maximum Gasteiger partial charge on any atom is 0.270 e. The summed E-state index contributed by atoms with van der Waals surface area (Å²) in [6.07, 6.45) is 2.65. The van der Waals surface area contributed by atoms with E-state index < -0.39 is 0 Å². The zero-order valence-electron chi connectivity index (χ0n) is 8.60. The van der Waals surface area contributed by atoms with Crippen molar-refractivity contribution in [2.24, 2.45) is 0 Å². The van der Waals surface area contributed by atoms with Gasteiger partial charge in [0.2, 0.25) is 0 Å². The predicted octanol–water partition coefficient (Wildman–Crippen LogP) is 1.35. The van der Waals surface area contributed by atoms with Gasteiger partial charge in [-0.3, -0.25) is 4.79 Å². The van der Waals surface area contributed by atoms with Crippen molar-refractivity contribution in [1.82, 2.24) is 9.66 Å². The highest BCUT2D eigenvalue weighted by molar-refractivity contribution is 5.74. The van der Waals surface area contributed by atoms with Crippen LogP contribution in [0.3, 0.4) is 0 Å². The fourth-order valence-electron chi connectivity index (χ4n) is 1.44. The van der Waals surface area contributed by atoms with Gasteiger partial charge in [-0.25, -0.2) is 9.66 Å². The largest absolute Gasteiger partial charge is 0.321 e. The lowest BCUT2D eigenvalue weighted by Gasteiger charge is -2.10. The van der Waals surface area contributed by atoms with Crippen molar-refractivity contribution in [3.8, 4) is 0 Å². The van der Waals surface area contributed by atoms with Crippen molar-refractivity contribution in [1.29, 1.82) is 0 Å². The highest BCUT2D eigenvalue weighted by Gasteiger charge is 2.01. The molecule has 2 aromatic rings. The molecule has 0 unspecified atom stereocenters. The Bertz CT molecular complexity index is 518. The predicted molar refractivity (Wildman–Crippen MR) is 60.5 cm³/mol. The van der Waals surface area contributed by atoms with Crippen molar-refractivity contribution in [3.63, 3.8) is 0 Å². The molecule has 0 atom stereocenters. The lowest BCUT2D eigenvalue weighted by molar-refractivity contribution is 0.797. The first-order chi connectivity index (χ1) is 7.33. The Morgan fingerprint density at radius 3 is 3.07 bits per heavy atom. The average Bonchev–Trinajstić information content (AvgIpc) is 2.28. The van der Waals surface area contributed by atoms with E-state index in [1.807, 2.05) is 12.1 Å². The van der Waals surface area contributed by atoms with Gasteiger partial charge < -0.3 is 5.43 Å². The third kappa shape index (κ3) is 1.83. The van der Waals surface area contributed by atoms with Gasteiger partial charge in [0, 0.05) is 24.2 Å². The maximum absolute atomic E-state index is 11.6. The topological polar surface area (TPSA) is 46.9 Å². The highest BCUT2D eigenvalue weighted by atomic mass is 16.1. The molecule has 0 aliphatic carbocycles. The fourth-order valence-corrected chi connectivity index (χ4v) is 1.44. The molecule has 2 aromatic heterocycles. The number of pyridine rings is 2. The molecule has 0 aromatic carbocycles. The van der Waals surface area contributed by atoms with Gasteiger partial charge in [0.05, 0.1) is 0 Å². The molecular formula is C11H13N3O. The highest BCUT2D eigenvalue weighted by Crippen LogP contribution is 2.05. The first-order valence-corrected chi connectivity index (χ1v) is 5.03. The molecule has 0 aliphatic rings. The van der Waals surface area contributed by atoms with Crippen LogP contribution in [-0.2, 0) is 0 Å². The molecule has 78 valence electrons. The van der Waals surface area contributed by atoms with Gasteiger partial charge in [-0.1, -0.05) is 6.92 Å². The summed E-state index contributed by atoms with van der Waals surface area (Å²) in [5.74, 6) is 0. The second-order valence-corrected chi connectivity index (χ2v) is 3.33. The molecule has 0 radical (unpaired) electrons. The molecule has 0 amide bonds. The van der Waals surface area contributed by atoms with E-state index in [4.69, 9.17) is 0 Å². The van der Waals surface area contributed by atoms with Crippen LogP contribution in [0.4, 0.5) is 0 Å². The van der Waals surface area contributed by atoms with Gasteiger partial charge in [-0.05, 0) is 24.6 Å². The Hall–Kier alpha value is -1.84. The molecule has 4 nitrogen and oxygen atoms in total. The van der Waals surface area contributed by atoms with E-state index in [1.54, 1.807) is 18.3 Å². The van der Waals surface area contributed by atoms with Gasteiger partial charge in [-0.15, -0.1) is 0 Å². The quantitative estimate of drug-likeness (QED) is 0.819. The minimum absolute atomic E-state index is 0.0744. The van der Waals surface area contributed by atoms with E-state index in [9.17, 15) is 4.79 Å². The van der Waals surface area contributed by atoms with Gasteiger partial charge in [-0.2, -0.15) is 0 Å². The lowest BCUT2D eigenvalue weighted by Crippen LogP contribution is -2.29.